The fraction of sp³-hybridized carbons (Fsp3) is 0.462. The van der Waals surface area contributed by atoms with E-state index < -0.39 is 0 Å². The highest BCUT2D eigenvalue weighted by Gasteiger charge is 2.20. The Balaban J connectivity index is 3.36. The molecule has 0 atom stereocenters. The van der Waals surface area contributed by atoms with Crippen molar-refractivity contribution in [1.29, 1.82) is 0 Å². The Labute approximate surface area is 92.4 Å². The molecule has 82 valence electrons. The van der Waals surface area contributed by atoms with Crippen LogP contribution in [0, 0.1) is 13.8 Å². The second-order valence-corrected chi connectivity index (χ2v) is 4.95. The second kappa shape index (κ2) is 4.05. The van der Waals surface area contributed by atoms with Crippen molar-refractivity contribution in [3.8, 4) is 0 Å². The van der Waals surface area contributed by atoms with Crippen LogP contribution in [0.1, 0.15) is 37.5 Å². The van der Waals surface area contributed by atoms with Gasteiger partial charge < -0.3 is 0 Å². The number of rotatable bonds is 2. The zero-order chi connectivity index (χ0) is 11.6. The maximum atomic E-state index is 3.72. The molecule has 0 spiro atoms. The molecule has 0 aromatic heterocycles. The second-order valence-electron chi connectivity index (χ2n) is 4.95. The van der Waals surface area contributed by atoms with Crippen molar-refractivity contribution in [3.05, 3.63) is 28.8 Å². The third-order valence-corrected chi connectivity index (χ3v) is 2.62. The molecule has 0 bridgehead atoms. The summed E-state index contributed by atoms with van der Waals surface area (Å²) in [4.78, 5) is 0. The van der Waals surface area contributed by atoms with Gasteiger partial charge in [0.25, 0.3) is 0 Å². The van der Waals surface area contributed by atoms with Gasteiger partial charge in [-0.05, 0) is 42.0 Å². The molecule has 2 heteroatoms. The zero-order valence-corrected chi connectivity index (χ0v) is 10.3. The first-order chi connectivity index (χ1) is 6.88. The van der Waals surface area contributed by atoms with E-state index in [1.807, 2.05) is 0 Å². The van der Waals surface area contributed by atoms with Crippen molar-refractivity contribution < 1.29 is 0 Å². The molecule has 0 saturated heterocycles. The van der Waals surface area contributed by atoms with E-state index in [9.17, 15) is 0 Å². The molecule has 15 heavy (non-hydrogen) atoms. The summed E-state index contributed by atoms with van der Waals surface area (Å²) in [7, 11) is 0. The van der Waals surface area contributed by atoms with E-state index in [1.165, 1.54) is 16.7 Å². The molecule has 2 nitrogen and oxygen atoms in total. The van der Waals surface area contributed by atoms with Crippen LogP contribution >= 0.6 is 0 Å². The Kier molecular flexibility index (Phi) is 3.18. The Morgan fingerprint density at radius 3 is 2.27 bits per heavy atom. The lowest BCUT2D eigenvalue weighted by Crippen LogP contribution is -2.16. The van der Waals surface area contributed by atoms with Crippen LogP contribution in [0.4, 0.5) is 5.69 Å². The summed E-state index contributed by atoms with van der Waals surface area (Å²) >= 11 is 0. The Morgan fingerprint density at radius 1 is 1.20 bits per heavy atom. The molecule has 0 amide bonds. The molecular weight excluding hydrogens is 184 g/mol. The Morgan fingerprint density at radius 2 is 1.80 bits per heavy atom. The maximum absolute atomic E-state index is 3.72. The predicted octanol–water partition coefficient (Wildman–Crippen LogP) is 3.63. The number of hydrazone groups is 1. The molecule has 0 heterocycles. The third kappa shape index (κ3) is 2.38. The van der Waals surface area contributed by atoms with Gasteiger partial charge in [-0.15, -0.1) is 0 Å². The molecule has 0 aliphatic heterocycles. The number of anilines is 1. The quantitative estimate of drug-likeness (QED) is 0.577. The van der Waals surface area contributed by atoms with Crippen LogP contribution in [-0.4, -0.2) is 6.72 Å². The molecule has 0 fully saturated rings. The molecular formula is C13H20N2. The highest BCUT2D eigenvalue weighted by atomic mass is 15.3. The molecule has 0 radical (unpaired) electrons. The molecule has 1 aromatic rings. The summed E-state index contributed by atoms with van der Waals surface area (Å²) < 4.78 is 0. The molecule has 1 N–H and O–H groups in total. The van der Waals surface area contributed by atoms with E-state index in [0.29, 0.717) is 0 Å². The number of nitrogens with one attached hydrogen (secondary N) is 1. The number of benzene rings is 1. The Hall–Kier alpha value is -1.31. The summed E-state index contributed by atoms with van der Waals surface area (Å²) in [6, 6.07) is 4.18. The van der Waals surface area contributed by atoms with Gasteiger partial charge in [-0.1, -0.05) is 26.8 Å². The smallest absolute Gasteiger partial charge is 0.0593 e. The van der Waals surface area contributed by atoms with Crippen LogP contribution in [0.5, 0.6) is 0 Å². The normalized spacial score (nSPS) is 11.3. The highest BCUT2D eigenvalue weighted by Crippen LogP contribution is 2.32. The van der Waals surface area contributed by atoms with E-state index in [2.05, 4.69) is 64.0 Å². The van der Waals surface area contributed by atoms with Crippen LogP contribution in [0.3, 0.4) is 0 Å². The van der Waals surface area contributed by atoms with Crippen LogP contribution < -0.4 is 5.43 Å². The first kappa shape index (κ1) is 11.8. The summed E-state index contributed by atoms with van der Waals surface area (Å²) in [5.41, 5.74) is 8.10. The van der Waals surface area contributed by atoms with Crippen LogP contribution in [-0.2, 0) is 5.41 Å². The van der Waals surface area contributed by atoms with Gasteiger partial charge in [0.05, 0.1) is 5.69 Å². The SMILES string of the molecule is C=NNc1ccc(C)c(C(C)(C)C)c1C. The van der Waals surface area contributed by atoms with Gasteiger partial charge in [0, 0.05) is 6.72 Å². The van der Waals surface area contributed by atoms with Gasteiger partial charge in [0.15, 0.2) is 0 Å². The first-order valence-electron chi connectivity index (χ1n) is 5.20. The largest absolute Gasteiger partial charge is 0.279 e. The lowest BCUT2D eigenvalue weighted by Gasteiger charge is -2.25. The lowest BCUT2D eigenvalue weighted by atomic mass is 9.81. The zero-order valence-electron chi connectivity index (χ0n) is 10.3. The number of nitrogens with zero attached hydrogens (tertiary/aromatic N) is 1. The standard InChI is InChI=1S/C13H20N2/c1-9-7-8-11(15-14-6)10(2)12(9)13(3,4)5/h7-8,15H,6H2,1-5H3. The first-order valence-corrected chi connectivity index (χ1v) is 5.20. The topological polar surface area (TPSA) is 24.4 Å². The predicted molar refractivity (Wildman–Crippen MR) is 67.8 cm³/mol. The van der Waals surface area contributed by atoms with Crippen LogP contribution in [0.2, 0.25) is 0 Å². The van der Waals surface area contributed by atoms with E-state index in [0.717, 1.165) is 5.69 Å². The minimum absolute atomic E-state index is 0.160. The van der Waals surface area contributed by atoms with Crippen molar-refractivity contribution >= 4 is 12.4 Å². The molecule has 1 rings (SSSR count). The average Bonchev–Trinajstić information content (AvgIpc) is 2.08. The van der Waals surface area contributed by atoms with Gasteiger partial charge in [-0.25, -0.2) is 0 Å². The van der Waals surface area contributed by atoms with Crippen LogP contribution in [0.25, 0.3) is 0 Å². The fourth-order valence-electron chi connectivity index (χ4n) is 2.21. The van der Waals surface area contributed by atoms with Crippen molar-refractivity contribution in [1.82, 2.24) is 0 Å². The maximum Gasteiger partial charge on any atom is 0.0593 e. The van der Waals surface area contributed by atoms with Gasteiger partial charge in [-0.3, -0.25) is 5.43 Å². The van der Waals surface area contributed by atoms with E-state index in [1.54, 1.807) is 0 Å². The van der Waals surface area contributed by atoms with Crippen molar-refractivity contribution in [2.45, 2.75) is 40.0 Å². The molecule has 0 saturated carbocycles. The van der Waals surface area contributed by atoms with Gasteiger partial charge in [-0.2, -0.15) is 5.10 Å². The van der Waals surface area contributed by atoms with E-state index in [-0.39, 0.29) is 5.41 Å². The van der Waals surface area contributed by atoms with Crippen molar-refractivity contribution in [3.63, 3.8) is 0 Å². The number of hydrogen-bond acceptors (Lipinski definition) is 2. The minimum Gasteiger partial charge on any atom is -0.279 e. The molecule has 0 aliphatic rings. The summed E-state index contributed by atoms with van der Waals surface area (Å²) in [6.07, 6.45) is 0. The van der Waals surface area contributed by atoms with Gasteiger partial charge >= 0.3 is 0 Å². The number of aryl methyl sites for hydroxylation is 1. The summed E-state index contributed by atoms with van der Waals surface area (Å²) in [5, 5.41) is 3.72. The van der Waals surface area contributed by atoms with E-state index >= 15 is 0 Å². The third-order valence-electron chi connectivity index (χ3n) is 2.62. The summed E-state index contributed by atoms with van der Waals surface area (Å²) in [5.74, 6) is 0. The minimum atomic E-state index is 0.160. The lowest BCUT2D eigenvalue weighted by molar-refractivity contribution is 0.582. The molecule has 0 unspecified atom stereocenters. The fourth-order valence-corrected chi connectivity index (χ4v) is 2.21. The number of hydrogen-bond donors (Lipinski definition) is 1. The Bertz CT molecular complexity index is 373. The van der Waals surface area contributed by atoms with Crippen LogP contribution in [0.15, 0.2) is 17.2 Å². The van der Waals surface area contributed by atoms with Gasteiger partial charge in [0.1, 0.15) is 0 Å². The van der Waals surface area contributed by atoms with Gasteiger partial charge in [0.2, 0.25) is 0 Å². The van der Waals surface area contributed by atoms with Crippen molar-refractivity contribution in [2.75, 3.05) is 5.43 Å². The molecule has 1 aromatic carbocycles. The summed E-state index contributed by atoms with van der Waals surface area (Å²) in [6.45, 7) is 14.4. The van der Waals surface area contributed by atoms with Crippen molar-refractivity contribution in [2.24, 2.45) is 5.10 Å². The monoisotopic (exact) mass is 204 g/mol. The highest BCUT2D eigenvalue weighted by molar-refractivity contribution is 5.58. The average molecular weight is 204 g/mol. The van der Waals surface area contributed by atoms with E-state index in [4.69, 9.17) is 0 Å². The molecule has 0 aliphatic carbocycles.